The maximum atomic E-state index is 11.8. The Morgan fingerprint density at radius 2 is 2.00 bits per heavy atom. The fourth-order valence-electron chi connectivity index (χ4n) is 1.37. The second-order valence-corrected chi connectivity index (χ2v) is 5.26. The minimum absolute atomic E-state index is 0.0151. The summed E-state index contributed by atoms with van der Waals surface area (Å²) in [6.07, 6.45) is 0. The molecule has 5 nitrogen and oxygen atoms in total. The Morgan fingerprint density at radius 1 is 1.26 bits per heavy atom. The Bertz CT molecular complexity index is 449. The van der Waals surface area contributed by atoms with Crippen molar-refractivity contribution in [3.8, 4) is 0 Å². The van der Waals surface area contributed by atoms with Crippen LogP contribution in [0.3, 0.4) is 0 Å². The van der Waals surface area contributed by atoms with Gasteiger partial charge in [0.15, 0.2) is 0 Å². The summed E-state index contributed by atoms with van der Waals surface area (Å²) in [6, 6.07) is 7.02. The molecule has 1 aromatic rings. The summed E-state index contributed by atoms with van der Waals surface area (Å²) < 4.78 is 0.829. The number of nitrogens with zero attached hydrogens (tertiary/aromatic N) is 1. The van der Waals surface area contributed by atoms with E-state index in [2.05, 4.69) is 26.6 Å². The number of hydrogen-bond acceptors (Lipinski definition) is 3. The van der Waals surface area contributed by atoms with Gasteiger partial charge >= 0.3 is 0 Å². The van der Waals surface area contributed by atoms with E-state index in [-0.39, 0.29) is 18.4 Å². The van der Waals surface area contributed by atoms with E-state index in [0.717, 1.165) is 11.0 Å². The van der Waals surface area contributed by atoms with Gasteiger partial charge in [0.1, 0.15) is 0 Å². The fourth-order valence-corrected chi connectivity index (χ4v) is 1.77. The number of halogens is 1. The molecule has 0 spiro atoms. The lowest BCUT2D eigenvalue weighted by molar-refractivity contribution is -0.120. The number of hydrogen-bond donors (Lipinski definition) is 2. The number of amides is 2. The monoisotopic (exact) mass is 327 g/mol. The van der Waals surface area contributed by atoms with Gasteiger partial charge in [-0.05, 0) is 32.3 Å². The zero-order chi connectivity index (χ0) is 14.3. The van der Waals surface area contributed by atoms with Crippen LogP contribution in [0.1, 0.15) is 10.4 Å². The van der Waals surface area contributed by atoms with Gasteiger partial charge in [-0.15, -0.1) is 0 Å². The summed E-state index contributed by atoms with van der Waals surface area (Å²) in [7, 11) is 3.86. The Morgan fingerprint density at radius 3 is 2.63 bits per heavy atom. The lowest BCUT2D eigenvalue weighted by atomic mass is 10.2. The summed E-state index contributed by atoms with van der Waals surface area (Å²) in [5, 5.41) is 5.31. The predicted octanol–water partition coefficient (Wildman–Crippen LogP) is 0.857. The van der Waals surface area contributed by atoms with Gasteiger partial charge in [-0.1, -0.05) is 22.0 Å². The molecule has 2 amide bonds. The molecule has 0 atom stereocenters. The van der Waals surface area contributed by atoms with Crippen molar-refractivity contribution in [2.75, 3.05) is 33.7 Å². The summed E-state index contributed by atoms with van der Waals surface area (Å²) >= 11 is 3.29. The first-order valence-corrected chi connectivity index (χ1v) is 6.73. The number of carbonyl (C=O) groups is 2. The van der Waals surface area contributed by atoms with E-state index in [1.165, 1.54) is 0 Å². The molecule has 0 fully saturated rings. The first-order valence-electron chi connectivity index (χ1n) is 5.94. The van der Waals surface area contributed by atoms with Crippen LogP contribution in [0.25, 0.3) is 0 Å². The van der Waals surface area contributed by atoms with E-state index in [9.17, 15) is 9.59 Å². The molecule has 104 valence electrons. The van der Waals surface area contributed by atoms with Crippen molar-refractivity contribution in [1.29, 1.82) is 0 Å². The maximum Gasteiger partial charge on any atom is 0.251 e. The van der Waals surface area contributed by atoms with Crippen molar-refractivity contribution in [2.45, 2.75) is 0 Å². The third kappa shape index (κ3) is 6.35. The lowest BCUT2D eigenvalue weighted by Crippen LogP contribution is -2.39. The molecule has 0 aromatic heterocycles. The first-order chi connectivity index (χ1) is 8.99. The largest absolute Gasteiger partial charge is 0.353 e. The maximum absolute atomic E-state index is 11.8. The molecule has 0 bridgehead atoms. The number of likely N-dealkylation sites (N-methyl/N-ethyl adjacent to an activating group) is 1. The van der Waals surface area contributed by atoms with E-state index in [1.54, 1.807) is 18.2 Å². The Kier molecular flexibility index (Phi) is 6.52. The minimum Gasteiger partial charge on any atom is -0.353 e. The van der Waals surface area contributed by atoms with Gasteiger partial charge in [0.05, 0.1) is 6.54 Å². The van der Waals surface area contributed by atoms with Crippen LogP contribution in [0.2, 0.25) is 0 Å². The van der Waals surface area contributed by atoms with Crippen LogP contribution in [-0.4, -0.2) is 50.4 Å². The summed E-state index contributed by atoms with van der Waals surface area (Å²) in [5.74, 6) is -0.450. The lowest BCUT2D eigenvalue weighted by Gasteiger charge is -2.10. The molecule has 2 N–H and O–H groups in total. The molecule has 6 heteroatoms. The Labute approximate surface area is 121 Å². The highest BCUT2D eigenvalue weighted by atomic mass is 79.9. The van der Waals surface area contributed by atoms with Crippen LogP contribution in [0.5, 0.6) is 0 Å². The van der Waals surface area contributed by atoms with Gasteiger partial charge in [0, 0.05) is 23.1 Å². The van der Waals surface area contributed by atoms with Gasteiger partial charge in [0.25, 0.3) is 5.91 Å². The predicted molar refractivity (Wildman–Crippen MR) is 78.0 cm³/mol. The van der Waals surface area contributed by atoms with Crippen LogP contribution in [0, 0.1) is 0 Å². The molecule has 0 aliphatic rings. The van der Waals surface area contributed by atoms with E-state index >= 15 is 0 Å². The van der Waals surface area contributed by atoms with Gasteiger partial charge in [-0.25, -0.2) is 0 Å². The zero-order valence-corrected chi connectivity index (χ0v) is 12.7. The fraction of sp³-hybridized carbons (Fsp3) is 0.385. The van der Waals surface area contributed by atoms with E-state index in [1.807, 2.05) is 25.1 Å². The Hall–Kier alpha value is -1.40. The molecule has 19 heavy (non-hydrogen) atoms. The van der Waals surface area contributed by atoms with Gasteiger partial charge in [-0.3, -0.25) is 9.59 Å². The number of rotatable bonds is 6. The number of benzene rings is 1. The van der Waals surface area contributed by atoms with Crippen LogP contribution in [0.15, 0.2) is 28.7 Å². The van der Waals surface area contributed by atoms with Gasteiger partial charge < -0.3 is 15.5 Å². The van der Waals surface area contributed by atoms with Crippen LogP contribution < -0.4 is 10.6 Å². The first kappa shape index (κ1) is 15.7. The van der Waals surface area contributed by atoms with Crippen molar-refractivity contribution in [2.24, 2.45) is 0 Å². The molecule has 1 rings (SSSR count). The molecular formula is C13H18BrN3O2. The molecule has 0 heterocycles. The smallest absolute Gasteiger partial charge is 0.251 e. The second-order valence-electron chi connectivity index (χ2n) is 4.35. The molecule has 0 saturated heterocycles. The van der Waals surface area contributed by atoms with Crippen molar-refractivity contribution in [3.05, 3.63) is 34.3 Å². The normalized spacial score (nSPS) is 10.3. The van der Waals surface area contributed by atoms with Crippen molar-refractivity contribution < 1.29 is 9.59 Å². The van der Waals surface area contributed by atoms with Crippen molar-refractivity contribution >= 4 is 27.7 Å². The van der Waals surface area contributed by atoms with Gasteiger partial charge in [-0.2, -0.15) is 0 Å². The van der Waals surface area contributed by atoms with E-state index < -0.39 is 0 Å². The average molecular weight is 328 g/mol. The highest BCUT2D eigenvalue weighted by molar-refractivity contribution is 9.10. The van der Waals surface area contributed by atoms with E-state index in [0.29, 0.717) is 12.1 Å². The third-order valence-corrected chi connectivity index (χ3v) is 2.87. The van der Waals surface area contributed by atoms with Crippen LogP contribution in [-0.2, 0) is 4.79 Å². The third-order valence-electron chi connectivity index (χ3n) is 2.38. The quantitative estimate of drug-likeness (QED) is 0.814. The van der Waals surface area contributed by atoms with Gasteiger partial charge in [0.2, 0.25) is 5.91 Å². The second kappa shape index (κ2) is 7.91. The summed E-state index contributed by atoms with van der Waals surface area (Å²) in [5.41, 5.74) is 0.524. The standard InChI is InChI=1S/C13H18BrN3O2/c1-17(2)7-6-15-12(18)9-16-13(19)10-4-3-5-11(14)8-10/h3-5,8H,6-7,9H2,1-2H3,(H,15,18)(H,16,19). The topological polar surface area (TPSA) is 61.4 Å². The minimum atomic E-state index is -0.260. The SMILES string of the molecule is CN(C)CCNC(=O)CNC(=O)c1cccc(Br)c1. The van der Waals surface area contributed by atoms with Crippen LogP contribution >= 0.6 is 15.9 Å². The highest BCUT2D eigenvalue weighted by Crippen LogP contribution is 2.11. The summed E-state index contributed by atoms with van der Waals surface area (Å²) in [4.78, 5) is 25.2. The molecule has 0 unspecified atom stereocenters. The molecule has 0 aliphatic heterocycles. The number of nitrogens with one attached hydrogen (secondary N) is 2. The summed E-state index contributed by atoms with van der Waals surface area (Å²) in [6.45, 7) is 1.32. The molecule has 0 radical (unpaired) electrons. The Balaban J connectivity index is 2.32. The van der Waals surface area contributed by atoms with E-state index in [4.69, 9.17) is 0 Å². The zero-order valence-electron chi connectivity index (χ0n) is 11.1. The van der Waals surface area contributed by atoms with Crippen LogP contribution in [0.4, 0.5) is 0 Å². The van der Waals surface area contributed by atoms with Crippen molar-refractivity contribution in [1.82, 2.24) is 15.5 Å². The molecular weight excluding hydrogens is 310 g/mol. The molecule has 1 aromatic carbocycles. The molecule has 0 aliphatic carbocycles. The molecule has 0 saturated carbocycles. The highest BCUT2D eigenvalue weighted by Gasteiger charge is 2.07. The average Bonchev–Trinajstić information content (AvgIpc) is 2.35. The number of carbonyl (C=O) groups excluding carboxylic acids is 2. The van der Waals surface area contributed by atoms with Crippen molar-refractivity contribution in [3.63, 3.8) is 0 Å².